The van der Waals surface area contributed by atoms with E-state index in [1.807, 2.05) is 4.90 Å². The number of rotatable bonds is 7. The number of nitrogens with two attached hydrogens (primary N) is 1. The molecule has 2 heterocycles. The van der Waals surface area contributed by atoms with Gasteiger partial charge >= 0.3 is 0 Å². The highest BCUT2D eigenvalue weighted by molar-refractivity contribution is 5.75. The number of H-pyrrole nitrogens is 1. The Kier molecular flexibility index (Phi) is 5.30. The van der Waals surface area contributed by atoms with Gasteiger partial charge in [-0.15, -0.1) is 0 Å². The number of aromatic nitrogens is 3. The van der Waals surface area contributed by atoms with Crippen molar-refractivity contribution < 1.29 is 4.79 Å². The van der Waals surface area contributed by atoms with Crippen LogP contribution in [0.1, 0.15) is 44.2 Å². The molecule has 24 heavy (non-hydrogen) atoms. The lowest BCUT2D eigenvalue weighted by Crippen LogP contribution is -2.35. The van der Waals surface area contributed by atoms with Crippen LogP contribution in [0.5, 0.6) is 0 Å². The Balaban J connectivity index is 1.67. The zero-order chi connectivity index (χ0) is 16.9. The average Bonchev–Trinajstić information content (AvgIpc) is 3.02. The predicted molar refractivity (Wildman–Crippen MR) is 91.5 cm³/mol. The molecule has 1 fully saturated rings. The van der Waals surface area contributed by atoms with E-state index in [4.69, 9.17) is 5.73 Å². The van der Waals surface area contributed by atoms with Gasteiger partial charge in [0.2, 0.25) is 5.91 Å². The van der Waals surface area contributed by atoms with Crippen molar-refractivity contribution >= 4 is 11.6 Å². The van der Waals surface area contributed by atoms with E-state index in [1.165, 1.54) is 42.7 Å². The summed E-state index contributed by atoms with van der Waals surface area (Å²) in [5.74, 6) is 0.387. The van der Waals surface area contributed by atoms with Gasteiger partial charge in [0.15, 0.2) is 5.65 Å². The molecule has 0 unspecified atom stereocenters. The van der Waals surface area contributed by atoms with Gasteiger partial charge in [0.05, 0.1) is 12.2 Å². The number of nitrogens with one attached hydrogen (secondary N) is 1. The molecule has 0 aliphatic heterocycles. The third-order valence-corrected chi connectivity index (χ3v) is 4.78. The van der Waals surface area contributed by atoms with Crippen molar-refractivity contribution in [3.8, 4) is 0 Å². The highest BCUT2D eigenvalue weighted by Gasteiger charge is 2.17. The van der Waals surface area contributed by atoms with Gasteiger partial charge in [-0.2, -0.15) is 0 Å². The molecule has 0 aromatic carbocycles. The van der Waals surface area contributed by atoms with Crippen molar-refractivity contribution in [1.29, 1.82) is 0 Å². The molecule has 0 bridgehead atoms. The molecule has 3 rings (SSSR count). The molecule has 0 atom stereocenters. The first-order valence-electron chi connectivity index (χ1n) is 8.68. The minimum absolute atomic E-state index is 0.147. The lowest BCUT2D eigenvalue weighted by Gasteiger charge is -2.26. The van der Waals surface area contributed by atoms with Crippen molar-refractivity contribution in [3.05, 3.63) is 34.4 Å². The number of amides is 1. The SMILES string of the molecule is NC(=O)CN(CCC1CCCCC1)Cc1cc(=O)n2[nH]ccc2n1. The zero-order valence-electron chi connectivity index (χ0n) is 13.9. The molecule has 1 aliphatic carbocycles. The molecule has 2 aromatic heterocycles. The summed E-state index contributed by atoms with van der Waals surface area (Å²) in [6.45, 7) is 1.47. The fourth-order valence-electron chi connectivity index (χ4n) is 3.56. The number of primary amides is 1. The third-order valence-electron chi connectivity index (χ3n) is 4.78. The van der Waals surface area contributed by atoms with Crippen molar-refractivity contribution in [2.45, 2.75) is 45.1 Å². The molecule has 7 heteroatoms. The average molecular weight is 331 g/mol. The number of aromatic amines is 1. The highest BCUT2D eigenvalue weighted by Crippen LogP contribution is 2.26. The molecule has 3 N–H and O–H groups in total. The maximum atomic E-state index is 12.1. The Bertz CT molecular complexity index is 745. The van der Waals surface area contributed by atoms with Crippen LogP contribution in [-0.4, -0.2) is 38.5 Å². The molecular formula is C17H25N5O2. The second-order valence-electron chi connectivity index (χ2n) is 6.71. The minimum atomic E-state index is -0.349. The van der Waals surface area contributed by atoms with Crippen molar-refractivity contribution in [3.63, 3.8) is 0 Å². The zero-order valence-corrected chi connectivity index (χ0v) is 13.9. The van der Waals surface area contributed by atoms with Gasteiger partial charge in [-0.3, -0.25) is 19.6 Å². The van der Waals surface area contributed by atoms with E-state index in [0.29, 0.717) is 17.9 Å². The molecular weight excluding hydrogens is 306 g/mol. The van der Waals surface area contributed by atoms with Gasteiger partial charge in [0.1, 0.15) is 0 Å². The Morgan fingerprint density at radius 2 is 2.17 bits per heavy atom. The smallest absolute Gasteiger partial charge is 0.272 e. The van der Waals surface area contributed by atoms with Crippen LogP contribution in [0.2, 0.25) is 0 Å². The van der Waals surface area contributed by atoms with Crippen LogP contribution in [0.25, 0.3) is 5.65 Å². The summed E-state index contributed by atoms with van der Waals surface area (Å²) in [6.07, 6.45) is 9.26. The summed E-state index contributed by atoms with van der Waals surface area (Å²) in [5.41, 5.74) is 6.50. The molecule has 1 saturated carbocycles. The summed E-state index contributed by atoms with van der Waals surface area (Å²) < 4.78 is 1.39. The van der Waals surface area contributed by atoms with E-state index in [9.17, 15) is 9.59 Å². The van der Waals surface area contributed by atoms with E-state index in [0.717, 1.165) is 18.9 Å². The lowest BCUT2D eigenvalue weighted by atomic mass is 9.87. The number of nitrogens with zero attached hydrogens (tertiary/aromatic N) is 3. The van der Waals surface area contributed by atoms with Gasteiger partial charge in [0.25, 0.3) is 5.56 Å². The monoisotopic (exact) mass is 331 g/mol. The second kappa shape index (κ2) is 7.61. The van der Waals surface area contributed by atoms with E-state index >= 15 is 0 Å². The van der Waals surface area contributed by atoms with Crippen LogP contribution in [0.3, 0.4) is 0 Å². The first kappa shape index (κ1) is 16.7. The molecule has 2 aromatic rings. The summed E-state index contributed by atoms with van der Waals surface area (Å²) in [4.78, 5) is 29.9. The van der Waals surface area contributed by atoms with Crippen LogP contribution in [0.15, 0.2) is 23.1 Å². The molecule has 7 nitrogen and oxygen atoms in total. The molecule has 1 amide bonds. The van der Waals surface area contributed by atoms with Crippen LogP contribution >= 0.6 is 0 Å². The molecule has 0 spiro atoms. The number of hydrogen-bond donors (Lipinski definition) is 2. The fraction of sp³-hybridized carbons (Fsp3) is 0.588. The van der Waals surface area contributed by atoms with Gasteiger partial charge in [-0.05, 0) is 18.9 Å². The second-order valence-corrected chi connectivity index (χ2v) is 6.71. The van der Waals surface area contributed by atoms with Crippen LogP contribution in [-0.2, 0) is 11.3 Å². The minimum Gasteiger partial charge on any atom is -0.369 e. The van der Waals surface area contributed by atoms with Gasteiger partial charge < -0.3 is 5.73 Å². The summed E-state index contributed by atoms with van der Waals surface area (Å²) in [7, 11) is 0. The first-order chi connectivity index (χ1) is 11.6. The Morgan fingerprint density at radius 1 is 1.38 bits per heavy atom. The van der Waals surface area contributed by atoms with Gasteiger partial charge in [-0.25, -0.2) is 9.50 Å². The van der Waals surface area contributed by atoms with Crippen molar-refractivity contribution in [2.24, 2.45) is 11.7 Å². The molecule has 130 valence electrons. The Morgan fingerprint density at radius 3 is 2.92 bits per heavy atom. The molecule has 0 radical (unpaired) electrons. The Hall–Kier alpha value is -2.15. The van der Waals surface area contributed by atoms with E-state index in [-0.39, 0.29) is 18.0 Å². The topological polar surface area (TPSA) is 96.5 Å². The number of carbonyl (C=O) groups is 1. The van der Waals surface area contributed by atoms with E-state index in [2.05, 4.69) is 10.1 Å². The summed E-state index contributed by atoms with van der Waals surface area (Å²) in [6, 6.07) is 3.27. The maximum Gasteiger partial charge on any atom is 0.272 e. The number of fused-ring (bicyclic) bond motifs is 1. The van der Waals surface area contributed by atoms with Gasteiger partial charge in [-0.1, -0.05) is 32.1 Å². The highest BCUT2D eigenvalue weighted by atomic mass is 16.1. The van der Waals surface area contributed by atoms with Gasteiger partial charge in [0, 0.05) is 24.9 Å². The standard InChI is InChI=1S/C17H25N5O2/c18-15(23)12-21(9-7-13-4-2-1-3-5-13)11-14-10-17(24)22-16(20-14)6-8-19-22/h6,8,10,13,19H,1-5,7,9,11-12H2,(H2,18,23). The maximum absolute atomic E-state index is 12.1. The number of carbonyl (C=O) groups excluding carboxylic acids is 1. The van der Waals surface area contributed by atoms with Crippen LogP contribution in [0, 0.1) is 5.92 Å². The summed E-state index contributed by atoms with van der Waals surface area (Å²) >= 11 is 0. The van der Waals surface area contributed by atoms with E-state index in [1.54, 1.807) is 12.3 Å². The molecule has 1 aliphatic rings. The van der Waals surface area contributed by atoms with Crippen LogP contribution < -0.4 is 11.3 Å². The Labute approximate surface area is 140 Å². The van der Waals surface area contributed by atoms with Crippen molar-refractivity contribution in [2.75, 3.05) is 13.1 Å². The molecule has 0 saturated heterocycles. The first-order valence-corrected chi connectivity index (χ1v) is 8.68. The largest absolute Gasteiger partial charge is 0.369 e. The lowest BCUT2D eigenvalue weighted by molar-refractivity contribution is -0.119. The normalized spacial score (nSPS) is 16.0. The van der Waals surface area contributed by atoms with Crippen LogP contribution in [0.4, 0.5) is 0 Å². The fourth-order valence-corrected chi connectivity index (χ4v) is 3.56. The van der Waals surface area contributed by atoms with Crippen molar-refractivity contribution in [1.82, 2.24) is 19.5 Å². The number of hydrogen-bond acceptors (Lipinski definition) is 4. The predicted octanol–water partition coefficient (Wildman–Crippen LogP) is 1.28. The summed E-state index contributed by atoms with van der Waals surface area (Å²) in [5, 5.41) is 2.82. The quantitative estimate of drug-likeness (QED) is 0.799. The third kappa shape index (κ3) is 4.23. The van der Waals surface area contributed by atoms with E-state index < -0.39 is 0 Å².